The summed E-state index contributed by atoms with van der Waals surface area (Å²) in [5, 5.41) is 2.98. The molecule has 0 bridgehead atoms. The topological polar surface area (TPSA) is 32.3 Å². The normalized spacial score (nSPS) is 10.3. The average molecular weight is 412 g/mol. The Morgan fingerprint density at radius 1 is 1.10 bits per heavy atom. The van der Waals surface area contributed by atoms with Crippen molar-refractivity contribution in [1.29, 1.82) is 0 Å². The van der Waals surface area contributed by atoms with Gasteiger partial charge in [-0.1, -0.05) is 27.6 Å². The van der Waals surface area contributed by atoms with Crippen molar-refractivity contribution in [2.24, 2.45) is 0 Å². The Morgan fingerprint density at radius 2 is 1.81 bits per heavy atom. The summed E-state index contributed by atoms with van der Waals surface area (Å²) in [5.41, 5.74) is 3.40. The molecule has 2 aromatic carbocycles. The lowest BCUT2D eigenvalue weighted by molar-refractivity contribution is 0.102. The Morgan fingerprint density at radius 3 is 2.48 bits per heavy atom. The van der Waals surface area contributed by atoms with Crippen molar-refractivity contribution in [3.8, 4) is 0 Å². The number of carbonyl (C=O) groups is 1. The monoisotopic (exact) mass is 410 g/mol. The third-order valence-corrected chi connectivity index (χ3v) is 4.24. The van der Waals surface area contributed by atoms with Crippen LogP contribution in [0.15, 0.2) is 45.3 Å². The molecule has 1 N–H and O–H groups in total. The summed E-state index contributed by atoms with van der Waals surface area (Å²) in [7, 11) is 3.89. The van der Waals surface area contributed by atoms with E-state index in [4.69, 9.17) is 0 Å². The number of amides is 1. The summed E-state index contributed by atoms with van der Waals surface area (Å²) in [6.07, 6.45) is 0. The van der Waals surface area contributed by atoms with Crippen LogP contribution in [0.3, 0.4) is 0 Å². The number of benzene rings is 2. The highest BCUT2D eigenvalue weighted by atomic mass is 79.9. The van der Waals surface area contributed by atoms with E-state index in [2.05, 4.69) is 37.2 Å². The Bertz CT molecular complexity index is 684. The molecule has 110 valence electrons. The van der Waals surface area contributed by atoms with Crippen molar-refractivity contribution < 1.29 is 4.79 Å². The van der Waals surface area contributed by atoms with Crippen molar-refractivity contribution >= 4 is 49.1 Å². The molecule has 0 radical (unpaired) electrons. The quantitative estimate of drug-likeness (QED) is 0.783. The molecule has 2 aromatic rings. The molecule has 0 saturated carbocycles. The van der Waals surface area contributed by atoms with Gasteiger partial charge in [-0.15, -0.1) is 0 Å². The molecule has 0 aliphatic rings. The van der Waals surface area contributed by atoms with E-state index in [1.807, 2.05) is 62.3 Å². The highest BCUT2D eigenvalue weighted by molar-refractivity contribution is 9.10. The number of halogens is 2. The first-order valence-electron chi connectivity index (χ1n) is 6.43. The third-order valence-electron chi connectivity index (χ3n) is 3.06. The zero-order valence-corrected chi connectivity index (χ0v) is 15.2. The highest BCUT2D eigenvalue weighted by Gasteiger charge is 2.13. The lowest BCUT2D eigenvalue weighted by Crippen LogP contribution is -2.17. The highest BCUT2D eigenvalue weighted by Crippen LogP contribution is 2.29. The Balaban J connectivity index is 2.35. The summed E-state index contributed by atoms with van der Waals surface area (Å²) >= 11 is 6.86. The molecule has 0 saturated heterocycles. The van der Waals surface area contributed by atoms with E-state index >= 15 is 0 Å². The molecular formula is C16H16Br2N2O. The van der Waals surface area contributed by atoms with Crippen molar-refractivity contribution in [3.63, 3.8) is 0 Å². The Labute approximate surface area is 141 Å². The fraction of sp³-hybridized carbons (Fsp3) is 0.188. The molecule has 0 unspecified atom stereocenters. The number of hydrogen-bond donors (Lipinski definition) is 1. The van der Waals surface area contributed by atoms with Gasteiger partial charge in [0.25, 0.3) is 5.91 Å². The third kappa shape index (κ3) is 3.86. The summed E-state index contributed by atoms with van der Waals surface area (Å²) < 4.78 is 1.71. The second-order valence-corrected chi connectivity index (χ2v) is 6.76. The van der Waals surface area contributed by atoms with E-state index in [1.54, 1.807) is 0 Å². The van der Waals surface area contributed by atoms with Crippen molar-refractivity contribution in [2.45, 2.75) is 6.92 Å². The van der Waals surface area contributed by atoms with Crippen LogP contribution in [0.4, 0.5) is 11.4 Å². The number of anilines is 2. The smallest absolute Gasteiger partial charge is 0.256 e. The first-order chi connectivity index (χ1) is 9.88. The molecule has 1 amide bonds. The van der Waals surface area contributed by atoms with E-state index in [1.165, 1.54) is 0 Å². The summed E-state index contributed by atoms with van der Waals surface area (Å²) in [6.45, 7) is 1.97. The van der Waals surface area contributed by atoms with Crippen LogP contribution in [-0.4, -0.2) is 20.0 Å². The SMILES string of the molecule is Cc1ccc(Br)c(C(=O)Nc2cc(Br)ccc2N(C)C)c1. The summed E-state index contributed by atoms with van der Waals surface area (Å²) in [4.78, 5) is 14.5. The first-order valence-corrected chi connectivity index (χ1v) is 8.01. The molecule has 21 heavy (non-hydrogen) atoms. The molecule has 0 atom stereocenters. The first kappa shape index (κ1) is 16.0. The van der Waals surface area contributed by atoms with Crippen LogP contribution in [0.2, 0.25) is 0 Å². The Hall–Kier alpha value is -1.33. The predicted octanol–water partition coefficient (Wildman–Crippen LogP) is 4.84. The largest absolute Gasteiger partial charge is 0.376 e. The van der Waals surface area contributed by atoms with Gasteiger partial charge in [0.15, 0.2) is 0 Å². The van der Waals surface area contributed by atoms with Crippen LogP contribution >= 0.6 is 31.9 Å². The number of nitrogens with zero attached hydrogens (tertiary/aromatic N) is 1. The van der Waals surface area contributed by atoms with Crippen LogP contribution in [-0.2, 0) is 0 Å². The fourth-order valence-electron chi connectivity index (χ4n) is 2.00. The van der Waals surface area contributed by atoms with E-state index in [9.17, 15) is 4.79 Å². The van der Waals surface area contributed by atoms with Gasteiger partial charge in [-0.2, -0.15) is 0 Å². The lowest BCUT2D eigenvalue weighted by Gasteiger charge is -2.18. The van der Waals surface area contributed by atoms with Crippen molar-refractivity contribution in [1.82, 2.24) is 0 Å². The van der Waals surface area contributed by atoms with E-state index in [0.29, 0.717) is 5.56 Å². The van der Waals surface area contributed by atoms with Gasteiger partial charge in [0.2, 0.25) is 0 Å². The Kier molecular flexibility index (Phi) is 5.06. The molecule has 3 nitrogen and oxygen atoms in total. The van der Waals surface area contributed by atoms with Gasteiger partial charge in [-0.3, -0.25) is 4.79 Å². The maximum atomic E-state index is 12.5. The van der Waals surface area contributed by atoms with Crippen LogP contribution in [0.1, 0.15) is 15.9 Å². The number of rotatable bonds is 3. The van der Waals surface area contributed by atoms with Crippen LogP contribution < -0.4 is 10.2 Å². The summed E-state index contributed by atoms with van der Waals surface area (Å²) in [6, 6.07) is 11.5. The molecule has 0 fully saturated rings. The van der Waals surface area contributed by atoms with Crippen molar-refractivity contribution in [2.75, 3.05) is 24.3 Å². The second kappa shape index (κ2) is 6.62. The molecule has 5 heteroatoms. The van der Waals surface area contributed by atoms with Crippen molar-refractivity contribution in [3.05, 3.63) is 56.5 Å². The standard InChI is InChI=1S/C16H16Br2N2O/c1-10-4-6-13(18)12(8-10)16(21)19-14-9-11(17)5-7-15(14)20(2)3/h4-9H,1-3H3,(H,19,21). The maximum Gasteiger partial charge on any atom is 0.256 e. The average Bonchev–Trinajstić information content (AvgIpc) is 2.41. The van der Waals surface area contributed by atoms with E-state index in [-0.39, 0.29) is 5.91 Å². The molecule has 0 spiro atoms. The van der Waals surface area contributed by atoms with Gasteiger partial charge in [-0.05, 0) is 53.2 Å². The van der Waals surface area contributed by atoms with E-state index < -0.39 is 0 Å². The lowest BCUT2D eigenvalue weighted by atomic mass is 10.1. The zero-order chi connectivity index (χ0) is 15.6. The van der Waals surface area contributed by atoms with Crippen LogP contribution in [0.25, 0.3) is 0 Å². The minimum absolute atomic E-state index is 0.133. The molecule has 0 aromatic heterocycles. The number of hydrogen-bond acceptors (Lipinski definition) is 2. The number of aryl methyl sites for hydroxylation is 1. The second-order valence-electron chi connectivity index (χ2n) is 4.99. The van der Waals surface area contributed by atoms with Gasteiger partial charge in [-0.25, -0.2) is 0 Å². The summed E-state index contributed by atoms with van der Waals surface area (Å²) in [5.74, 6) is -0.133. The minimum Gasteiger partial charge on any atom is -0.376 e. The molecule has 0 aliphatic carbocycles. The van der Waals surface area contributed by atoms with Gasteiger partial charge in [0.1, 0.15) is 0 Å². The minimum atomic E-state index is -0.133. The van der Waals surface area contributed by atoms with E-state index in [0.717, 1.165) is 25.9 Å². The fourth-order valence-corrected chi connectivity index (χ4v) is 2.79. The van der Waals surface area contributed by atoms with Crippen LogP contribution in [0, 0.1) is 6.92 Å². The number of nitrogens with one attached hydrogen (secondary N) is 1. The van der Waals surface area contributed by atoms with Gasteiger partial charge < -0.3 is 10.2 Å². The van der Waals surface area contributed by atoms with Gasteiger partial charge in [0, 0.05) is 23.0 Å². The van der Waals surface area contributed by atoms with Gasteiger partial charge in [0.05, 0.1) is 16.9 Å². The van der Waals surface area contributed by atoms with Gasteiger partial charge >= 0.3 is 0 Å². The molecular weight excluding hydrogens is 396 g/mol. The zero-order valence-electron chi connectivity index (χ0n) is 12.1. The van der Waals surface area contributed by atoms with Crippen LogP contribution in [0.5, 0.6) is 0 Å². The number of carbonyl (C=O) groups excluding carboxylic acids is 1. The molecule has 2 rings (SSSR count). The maximum absolute atomic E-state index is 12.5. The predicted molar refractivity (Wildman–Crippen MR) is 95.3 cm³/mol. The molecule has 0 heterocycles. The molecule has 0 aliphatic heterocycles.